The monoisotopic (exact) mass is 269 g/mol. The van der Waals surface area contributed by atoms with Gasteiger partial charge in [-0.2, -0.15) is 5.26 Å². The fourth-order valence-electron chi connectivity index (χ4n) is 2.72. The molecule has 1 aromatic heterocycles. The summed E-state index contributed by atoms with van der Waals surface area (Å²) in [5.41, 5.74) is 3.02. The quantitative estimate of drug-likeness (QED) is 0.787. The molecule has 0 saturated carbocycles. The first-order chi connectivity index (χ1) is 9.47. The van der Waals surface area contributed by atoms with Crippen LogP contribution in [0.5, 0.6) is 0 Å². The first-order valence-corrected chi connectivity index (χ1v) is 7.29. The van der Waals surface area contributed by atoms with Gasteiger partial charge >= 0.3 is 0 Å². The van der Waals surface area contributed by atoms with Crippen molar-refractivity contribution in [2.24, 2.45) is 0 Å². The average Bonchev–Trinajstić information content (AvgIpc) is 2.42. The van der Waals surface area contributed by atoms with Gasteiger partial charge in [-0.25, -0.2) is 4.98 Å². The Labute approximate surface area is 121 Å². The van der Waals surface area contributed by atoms with Crippen molar-refractivity contribution in [1.82, 2.24) is 4.98 Å². The van der Waals surface area contributed by atoms with Gasteiger partial charge in [0.05, 0.1) is 5.56 Å². The zero-order chi connectivity index (χ0) is 14.8. The molecule has 0 bridgehead atoms. The molecule has 1 aliphatic rings. The number of hydrogen-bond acceptors (Lipinski definition) is 3. The number of fused-ring (bicyclic) bond motifs is 1. The molecule has 0 unspecified atom stereocenters. The molecule has 0 N–H and O–H groups in total. The summed E-state index contributed by atoms with van der Waals surface area (Å²) in [6, 6.07) is 4.36. The minimum atomic E-state index is -0.0876. The van der Waals surface area contributed by atoms with Gasteiger partial charge in [0.2, 0.25) is 0 Å². The summed E-state index contributed by atoms with van der Waals surface area (Å²) in [7, 11) is 0. The lowest BCUT2D eigenvalue weighted by Crippen LogP contribution is -2.42. The van der Waals surface area contributed by atoms with Crippen LogP contribution in [0.15, 0.2) is 18.7 Å². The molecule has 0 fully saturated rings. The molecule has 0 aliphatic heterocycles. The van der Waals surface area contributed by atoms with E-state index in [0.717, 1.165) is 18.7 Å². The first kappa shape index (κ1) is 14.6. The van der Waals surface area contributed by atoms with E-state index < -0.39 is 0 Å². The molecule has 3 heteroatoms. The van der Waals surface area contributed by atoms with Crippen LogP contribution in [0.25, 0.3) is 0 Å². The zero-order valence-electron chi connectivity index (χ0n) is 12.7. The molecule has 106 valence electrons. The lowest BCUT2D eigenvalue weighted by atomic mass is 9.94. The second-order valence-electron chi connectivity index (χ2n) is 6.35. The van der Waals surface area contributed by atoms with Gasteiger partial charge in [-0.1, -0.05) is 6.08 Å². The minimum absolute atomic E-state index is 0.0876. The molecule has 0 radical (unpaired) electrons. The van der Waals surface area contributed by atoms with E-state index in [9.17, 15) is 5.26 Å². The molecular formula is C17H23N3. The highest BCUT2D eigenvalue weighted by Gasteiger charge is 2.26. The molecule has 20 heavy (non-hydrogen) atoms. The summed E-state index contributed by atoms with van der Waals surface area (Å²) >= 11 is 0. The molecular weight excluding hydrogens is 246 g/mol. The van der Waals surface area contributed by atoms with Crippen LogP contribution in [-0.2, 0) is 12.8 Å². The standard InChI is InChI=1S/C17H23N3/c1-5-10-20(17(2,3)4)16-14(12-18)11-13-8-6-7-9-15(13)19-16/h5,11H,1,6-10H2,2-4H3. The minimum Gasteiger partial charge on any atom is -0.347 e. The molecule has 2 rings (SSSR count). The number of pyridine rings is 1. The van der Waals surface area contributed by atoms with Gasteiger partial charge in [0.25, 0.3) is 0 Å². The van der Waals surface area contributed by atoms with Crippen molar-refractivity contribution in [2.75, 3.05) is 11.4 Å². The van der Waals surface area contributed by atoms with Crippen LogP contribution in [0, 0.1) is 11.3 Å². The first-order valence-electron chi connectivity index (χ1n) is 7.29. The maximum absolute atomic E-state index is 9.46. The largest absolute Gasteiger partial charge is 0.347 e. The second-order valence-corrected chi connectivity index (χ2v) is 6.35. The fraction of sp³-hybridized carbons (Fsp3) is 0.529. The number of nitriles is 1. The number of aromatic nitrogens is 1. The fourth-order valence-corrected chi connectivity index (χ4v) is 2.72. The Morgan fingerprint density at radius 1 is 1.40 bits per heavy atom. The third kappa shape index (κ3) is 2.85. The average molecular weight is 269 g/mol. The van der Waals surface area contributed by atoms with Crippen molar-refractivity contribution in [2.45, 2.75) is 52.0 Å². The number of aryl methyl sites for hydroxylation is 2. The van der Waals surface area contributed by atoms with Gasteiger partial charge in [0.1, 0.15) is 11.9 Å². The molecule has 0 spiro atoms. The van der Waals surface area contributed by atoms with E-state index in [1.165, 1.54) is 24.1 Å². The maximum atomic E-state index is 9.46. The van der Waals surface area contributed by atoms with Crippen LogP contribution in [-0.4, -0.2) is 17.1 Å². The smallest absolute Gasteiger partial charge is 0.147 e. The van der Waals surface area contributed by atoms with Crippen molar-refractivity contribution in [1.29, 1.82) is 5.26 Å². The number of hydrogen-bond donors (Lipinski definition) is 0. The Morgan fingerprint density at radius 2 is 2.10 bits per heavy atom. The van der Waals surface area contributed by atoms with E-state index in [1.807, 2.05) is 12.1 Å². The van der Waals surface area contributed by atoms with E-state index in [1.54, 1.807) is 0 Å². The van der Waals surface area contributed by atoms with Crippen LogP contribution < -0.4 is 4.90 Å². The maximum Gasteiger partial charge on any atom is 0.147 e. The van der Waals surface area contributed by atoms with Gasteiger partial charge in [0, 0.05) is 17.8 Å². The van der Waals surface area contributed by atoms with Crippen LogP contribution in [0.2, 0.25) is 0 Å². The predicted molar refractivity (Wildman–Crippen MR) is 82.9 cm³/mol. The Bertz CT molecular complexity index is 547. The van der Waals surface area contributed by atoms with Crippen molar-refractivity contribution < 1.29 is 0 Å². The second kappa shape index (κ2) is 5.66. The van der Waals surface area contributed by atoms with Gasteiger partial charge in [-0.15, -0.1) is 6.58 Å². The summed E-state index contributed by atoms with van der Waals surface area (Å²) in [5.74, 6) is 0.806. The predicted octanol–water partition coefficient (Wildman–Crippen LogP) is 3.62. The highest BCUT2D eigenvalue weighted by Crippen LogP contribution is 2.30. The lowest BCUT2D eigenvalue weighted by Gasteiger charge is -2.37. The normalized spacial score (nSPS) is 14.3. The van der Waals surface area contributed by atoms with Crippen LogP contribution in [0.1, 0.15) is 50.4 Å². The molecule has 1 aliphatic carbocycles. The summed E-state index contributed by atoms with van der Waals surface area (Å²) in [6.45, 7) is 10.9. The molecule has 1 heterocycles. The van der Waals surface area contributed by atoms with Gasteiger partial charge in [-0.05, 0) is 58.1 Å². The highest BCUT2D eigenvalue weighted by molar-refractivity contribution is 5.58. The van der Waals surface area contributed by atoms with E-state index in [0.29, 0.717) is 12.1 Å². The van der Waals surface area contributed by atoms with E-state index >= 15 is 0 Å². The highest BCUT2D eigenvalue weighted by atomic mass is 15.2. The molecule has 1 aromatic rings. The van der Waals surface area contributed by atoms with Gasteiger partial charge in [-0.3, -0.25) is 0 Å². The number of nitrogens with zero attached hydrogens (tertiary/aromatic N) is 3. The van der Waals surface area contributed by atoms with Crippen LogP contribution in [0.4, 0.5) is 5.82 Å². The number of rotatable bonds is 3. The topological polar surface area (TPSA) is 39.9 Å². The SMILES string of the molecule is C=CCN(c1nc2c(cc1C#N)CCCC2)C(C)(C)C. The summed E-state index contributed by atoms with van der Waals surface area (Å²) < 4.78 is 0. The Kier molecular flexibility index (Phi) is 4.13. The van der Waals surface area contributed by atoms with E-state index in [4.69, 9.17) is 4.98 Å². The third-order valence-electron chi connectivity index (χ3n) is 3.78. The third-order valence-corrected chi connectivity index (χ3v) is 3.78. The van der Waals surface area contributed by atoms with Crippen LogP contribution in [0.3, 0.4) is 0 Å². The molecule has 0 amide bonds. The summed E-state index contributed by atoms with van der Waals surface area (Å²) in [5, 5.41) is 9.46. The summed E-state index contributed by atoms with van der Waals surface area (Å²) in [6.07, 6.45) is 6.35. The molecule has 0 aromatic carbocycles. The van der Waals surface area contributed by atoms with E-state index in [-0.39, 0.29) is 5.54 Å². The Hall–Kier alpha value is -1.82. The van der Waals surface area contributed by atoms with Crippen molar-refractivity contribution in [3.05, 3.63) is 35.5 Å². The van der Waals surface area contributed by atoms with Crippen molar-refractivity contribution in [3.63, 3.8) is 0 Å². The summed E-state index contributed by atoms with van der Waals surface area (Å²) in [4.78, 5) is 6.99. The zero-order valence-corrected chi connectivity index (χ0v) is 12.7. The van der Waals surface area contributed by atoms with E-state index in [2.05, 4.69) is 38.3 Å². The van der Waals surface area contributed by atoms with Gasteiger partial charge < -0.3 is 4.90 Å². The lowest BCUT2D eigenvalue weighted by molar-refractivity contribution is 0.515. The molecule has 0 saturated heterocycles. The molecule has 0 atom stereocenters. The van der Waals surface area contributed by atoms with Crippen LogP contribution >= 0.6 is 0 Å². The Morgan fingerprint density at radius 3 is 2.70 bits per heavy atom. The van der Waals surface area contributed by atoms with Crippen molar-refractivity contribution >= 4 is 5.82 Å². The van der Waals surface area contributed by atoms with Crippen molar-refractivity contribution in [3.8, 4) is 6.07 Å². The van der Waals surface area contributed by atoms with Gasteiger partial charge in [0.15, 0.2) is 0 Å². The molecule has 3 nitrogen and oxygen atoms in total. The number of anilines is 1. The Balaban J connectivity index is 2.53.